The number of benzene rings is 1. The number of Topliss-reactive ketones (excluding diaryl/α,β-unsaturated/α-hetero) is 1. The highest BCUT2D eigenvalue weighted by Gasteiger charge is 2.27. The molecule has 1 aromatic carbocycles. The molecule has 11 heteroatoms. The first kappa shape index (κ1) is 24.9. The second-order valence-electron chi connectivity index (χ2n) is 8.11. The number of ether oxygens (including phenoxy) is 1. The summed E-state index contributed by atoms with van der Waals surface area (Å²) in [6.07, 6.45) is 0.170. The van der Waals surface area contributed by atoms with Crippen LogP contribution in [0.1, 0.15) is 19.5 Å². The lowest BCUT2D eigenvalue weighted by Crippen LogP contribution is -2.49. The molecule has 1 atom stereocenters. The molecule has 180 valence electrons. The molecular weight excluding hydrogens is 446 g/mol. The third kappa shape index (κ3) is 5.80. The maximum atomic E-state index is 12.8. The maximum absolute atomic E-state index is 12.8. The van der Waals surface area contributed by atoms with Gasteiger partial charge in [0, 0.05) is 25.2 Å². The number of nitrogens with zero attached hydrogens (tertiary/aromatic N) is 2. The Kier molecular flexibility index (Phi) is 7.90. The summed E-state index contributed by atoms with van der Waals surface area (Å²) in [5.41, 5.74) is 2.87. The van der Waals surface area contributed by atoms with E-state index in [2.05, 4.69) is 15.0 Å². The second-order valence-corrected chi connectivity index (χ2v) is 9.87. The molecule has 0 aliphatic carbocycles. The van der Waals surface area contributed by atoms with Crippen LogP contribution in [-0.2, 0) is 26.2 Å². The molecule has 0 amide bonds. The highest BCUT2D eigenvalue weighted by atomic mass is 32.2. The van der Waals surface area contributed by atoms with Crippen molar-refractivity contribution in [2.45, 2.75) is 31.5 Å². The third-order valence-electron chi connectivity index (χ3n) is 5.39. The molecule has 0 saturated carbocycles. The number of sulfonamides is 1. The fourth-order valence-electron chi connectivity index (χ4n) is 3.67. The number of aromatic amines is 1. The molecule has 33 heavy (non-hydrogen) atoms. The Bertz CT molecular complexity index is 1110. The summed E-state index contributed by atoms with van der Waals surface area (Å²) in [4.78, 5) is 29.8. The minimum atomic E-state index is -3.71. The number of anilines is 1. The van der Waals surface area contributed by atoms with Crippen molar-refractivity contribution >= 4 is 27.8 Å². The normalized spacial score (nSPS) is 16.0. The van der Waals surface area contributed by atoms with Crippen molar-refractivity contribution in [3.63, 3.8) is 0 Å². The summed E-state index contributed by atoms with van der Waals surface area (Å²) in [6, 6.07) is 6.61. The first-order valence-corrected chi connectivity index (χ1v) is 12.3. The first-order valence-electron chi connectivity index (χ1n) is 10.8. The average Bonchev–Trinajstić information content (AvgIpc) is 3.20. The molecule has 1 aliphatic rings. The molecule has 0 radical (unpaired) electrons. The predicted molar refractivity (Wildman–Crippen MR) is 126 cm³/mol. The van der Waals surface area contributed by atoms with Gasteiger partial charge >= 0.3 is 0 Å². The number of aromatic nitrogens is 1. The van der Waals surface area contributed by atoms with Gasteiger partial charge in [-0.1, -0.05) is 0 Å². The van der Waals surface area contributed by atoms with Gasteiger partial charge in [-0.05, 0) is 52.2 Å². The number of nitrogens with one attached hydrogen (secondary N) is 3. The summed E-state index contributed by atoms with van der Waals surface area (Å²) in [6.45, 7) is 5.53. The fourth-order valence-corrected chi connectivity index (χ4v) is 4.72. The fraction of sp³-hybridized carbons (Fsp3) is 0.455. The Hall–Kier alpha value is -2.73. The zero-order chi connectivity index (χ0) is 24.2. The molecule has 1 unspecified atom stereocenters. The minimum absolute atomic E-state index is 0.0511. The molecule has 0 bridgehead atoms. The number of fused-ring (bicyclic) bond motifs is 1. The van der Waals surface area contributed by atoms with E-state index >= 15 is 0 Å². The van der Waals surface area contributed by atoms with Gasteiger partial charge in [0.2, 0.25) is 15.8 Å². The number of ketones is 1. The standard InChI is InChI=1S/C22H31N5O5S/c1-5-32-22-7-6-17(33(30,31)24-8-9-26(3)4)10-18(22)19-11-21-20(25-19)12-23-15(2)27(21)13-16(29)14-28/h6-7,10-11,14-15,23-25H,5,8-9,12-13H2,1-4H3. The highest BCUT2D eigenvalue weighted by molar-refractivity contribution is 7.89. The van der Waals surface area contributed by atoms with E-state index in [9.17, 15) is 18.0 Å². The van der Waals surface area contributed by atoms with Crippen molar-refractivity contribution in [3.8, 4) is 17.0 Å². The Morgan fingerprint density at radius 2 is 2.09 bits per heavy atom. The Morgan fingerprint density at radius 1 is 1.33 bits per heavy atom. The van der Waals surface area contributed by atoms with E-state index in [1.54, 1.807) is 17.0 Å². The van der Waals surface area contributed by atoms with Gasteiger partial charge in [-0.2, -0.15) is 0 Å². The third-order valence-corrected chi connectivity index (χ3v) is 6.85. The van der Waals surface area contributed by atoms with E-state index in [0.717, 1.165) is 11.4 Å². The topological polar surface area (TPSA) is 124 Å². The van der Waals surface area contributed by atoms with Crippen molar-refractivity contribution in [1.29, 1.82) is 0 Å². The van der Waals surface area contributed by atoms with Crippen LogP contribution in [0.4, 0.5) is 5.69 Å². The largest absolute Gasteiger partial charge is 0.493 e. The predicted octanol–water partition coefficient (Wildman–Crippen LogP) is 0.944. The quantitative estimate of drug-likeness (QED) is 0.323. The van der Waals surface area contributed by atoms with Crippen LogP contribution in [0.25, 0.3) is 11.3 Å². The van der Waals surface area contributed by atoms with Crippen LogP contribution in [0.2, 0.25) is 0 Å². The molecule has 0 saturated heterocycles. The zero-order valence-corrected chi connectivity index (χ0v) is 20.2. The van der Waals surface area contributed by atoms with Crippen LogP contribution < -0.4 is 19.7 Å². The van der Waals surface area contributed by atoms with Gasteiger partial charge < -0.3 is 19.5 Å². The van der Waals surface area contributed by atoms with E-state index in [1.165, 1.54) is 6.07 Å². The molecule has 10 nitrogen and oxygen atoms in total. The van der Waals surface area contributed by atoms with Crippen molar-refractivity contribution < 1.29 is 22.7 Å². The minimum Gasteiger partial charge on any atom is -0.493 e. The lowest BCUT2D eigenvalue weighted by Gasteiger charge is -2.34. The number of carbonyl (C=O) groups is 2. The van der Waals surface area contributed by atoms with E-state index in [4.69, 9.17) is 4.74 Å². The van der Waals surface area contributed by atoms with E-state index < -0.39 is 15.8 Å². The molecule has 1 aromatic heterocycles. The Labute approximate surface area is 194 Å². The highest BCUT2D eigenvalue weighted by Crippen LogP contribution is 2.37. The molecule has 0 fully saturated rings. The Balaban J connectivity index is 2.00. The van der Waals surface area contributed by atoms with E-state index in [0.29, 0.717) is 43.0 Å². The molecule has 2 aromatic rings. The van der Waals surface area contributed by atoms with Crippen LogP contribution in [0.5, 0.6) is 5.75 Å². The number of carbonyl (C=O) groups excluding carboxylic acids is 2. The number of aldehydes is 1. The zero-order valence-electron chi connectivity index (χ0n) is 19.3. The van der Waals surface area contributed by atoms with Gasteiger partial charge in [-0.25, -0.2) is 13.1 Å². The molecular formula is C22H31N5O5S. The molecule has 3 N–H and O–H groups in total. The van der Waals surface area contributed by atoms with Gasteiger partial charge in [0.05, 0.1) is 41.3 Å². The molecule has 2 heterocycles. The van der Waals surface area contributed by atoms with E-state index in [1.807, 2.05) is 38.9 Å². The SMILES string of the molecule is CCOc1ccc(S(=O)(=O)NCCN(C)C)cc1-c1cc2c([nH]1)CNC(C)N2CC(=O)C=O. The Morgan fingerprint density at radius 3 is 2.76 bits per heavy atom. The van der Waals surface area contributed by atoms with Crippen molar-refractivity contribution in [2.24, 2.45) is 0 Å². The number of hydrogen-bond acceptors (Lipinski definition) is 8. The number of H-pyrrole nitrogens is 1. The van der Waals surface area contributed by atoms with Crippen LogP contribution in [-0.4, -0.2) is 76.9 Å². The number of hydrogen-bond donors (Lipinski definition) is 3. The van der Waals surface area contributed by atoms with Crippen LogP contribution in [0.15, 0.2) is 29.2 Å². The summed E-state index contributed by atoms with van der Waals surface area (Å²) >= 11 is 0. The number of rotatable bonds is 11. The van der Waals surface area contributed by atoms with Gasteiger partial charge in [-0.15, -0.1) is 0 Å². The van der Waals surface area contributed by atoms with Gasteiger partial charge in [0.25, 0.3) is 0 Å². The van der Waals surface area contributed by atoms with Crippen molar-refractivity contribution in [3.05, 3.63) is 30.0 Å². The second kappa shape index (κ2) is 10.5. The van der Waals surface area contributed by atoms with Crippen molar-refractivity contribution in [2.75, 3.05) is 45.2 Å². The van der Waals surface area contributed by atoms with Gasteiger partial charge in [0.1, 0.15) is 5.75 Å². The van der Waals surface area contributed by atoms with Crippen LogP contribution >= 0.6 is 0 Å². The molecule has 3 rings (SSSR count). The molecule has 0 spiro atoms. The summed E-state index contributed by atoms with van der Waals surface area (Å²) < 4.78 is 34.1. The van der Waals surface area contributed by atoms with Crippen LogP contribution in [0, 0.1) is 0 Å². The van der Waals surface area contributed by atoms with Gasteiger partial charge in [0.15, 0.2) is 6.29 Å². The van der Waals surface area contributed by atoms with Crippen molar-refractivity contribution in [1.82, 2.24) is 19.9 Å². The lowest BCUT2D eigenvalue weighted by molar-refractivity contribution is -0.129. The van der Waals surface area contributed by atoms with Crippen LogP contribution in [0.3, 0.4) is 0 Å². The average molecular weight is 478 g/mol. The molecule has 1 aliphatic heterocycles. The maximum Gasteiger partial charge on any atom is 0.240 e. The lowest BCUT2D eigenvalue weighted by atomic mass is 10.1. The summed E-state index contributed by atoms with van der Waals surface area (Å²) in [7, 11) is 0.0345. The smallest absolute Gasteiger partial charge is 0.240 e. The van der Waals surface area contributed by atoms with E-state index in [-0.39, 0.29) is 24.2 Å². The van der Waals surface area contributed by atoms with Gasteiger partial charge in [-0.3, -0.25) is 14.9 Å². The first-order chi connectivity index (χ1) is 15.7. The summed E-state index contributed by atoms with van der Waals surface area (Å²) in [5, 5.41) is 3.28. The summed E-state index contributed by atoms with van der Waals surface area (Å²) in [5.74, 6) is 0.0195. The monoisotopic (exact) mass is 477 g/mol. The number of likely N-dealkylation sites (N-methyl/N-ethyl adjacent to an activating group) is 1.